The molecule has 0 spiro atoms. The van der Waals surface area contributed by atoms with Gasteiger partial charge < -0.3 is 9.47 Å². The molecule has 0 unspecified atom stereocenters. The van der Waals surface area contributed by atoms with Gasteiger partial charge in [0, 0.05) is 21.5 Å². The minimum absolute atomic E-state index is 0.107. The van der Waals surface area contributed by atoms with Gasteiger partial charge in [0.25, 0.3) is 0 Å². The van der Waals surface area contributed by atoms with Crippen LogP contribution in [0.15, 0.2) is 127 Å². The van der Waals surface area contributed by atoms with Crippen molar-refractivity contribution < 1.29 is 9.47 Å². The number of hydrogen-bond acceptors (Lipinski definition) is 2. The van der Waals surface area contributed by atoms with Crippen LogP contribution in [0.3, 0.4) is 0 Å². The third kappa shape index (κ3) is 4.23. The Balaban J connectivity index is 1.49. The van der Waals surface area contributed by atoms with E-state index in [0.717, 1.165) is 55.3 Å². The molecule has 0 aromatic heterocycles. The average molecular weight is 519 g/mol. The SMILES string of the molecule is CC(C)(C)c1cccc2c(Oc3ccc4ccccc4c3)c3ccccc3c(Oc3ccc4ccccc4c3)c12. The van der Waals surface area contributed by atoms with E-state index < -0.39 is 0 Å². The highest BCUT2D eigenvalue weighted by atomic mass is 16.5. The monoisotopic (exact) mass is 518 g/mol. The Hall–Kier alpha value is -4.82. The van der Waals surface area contributed by atoms with Gasteiger partial charge >= 0.3 is 0 Å². The van der Waals surface area contributed by atoms with Crippen LogP contribution >= 0.6 is 0 Å². The van der Waals surface area contributed by atoms with Crippen LogP contribution in [0.4, 0.5) is 0 Å². The van der Waals surface area contributed by atoms with Crippen LogP contribution < -0.4 is 9.47 Å². The summed E-state index contributed by atoms with van der Waals surface area (Å²) in [4.78, 5) is 0. The molecule has 0 aliphatic rings. The molecule has 7 aromatic carbocycles. The highest BCUT2D eigenvalue weighted by Crippen LogP contribution is 2.49. The van der Waals surface area contributed by atoms with Crippen LogP contribution in [0.25, 0.3) is 43.1 Å². The maximum absolute atomic E-state index is 6.86. The molecule has 7 rings (SSSR count). The van der Waals surface area contributed by atoms with E-state index in [-0.39, 0.29) is 5.41 Å². The van der Waals surface area contributed by atoms with E-state index in [1.807, 2.05) is 0 Å². The van der Waals surface area contributed by atoms with Gasteiger partial charge in [-0.1, -0.05) is 124 Å². The summed E-state index contributed by atoms with van der Waals surface area (Å²) in [5.41, 5.74) is 1.11. The predicted molar refractivity (Wildman–Crippen MR) is 168 cm³/mol. The van der Waals surface area contributed by atoms with Gasteiger partial charge in [-0.2, -0.15) is 0 Å². The quantitative estimate of drug-likeness (QED) is 0.216. The van der Waals surface area contributed by atoms with Crippen molar-refractivity contribution in [1.82, 2.24) is 0 Å². The Morgan fingerprint density at radius 1 is 0.425 bits per heavy atom. The van der Waals surface area contributed by atoms with Crippen molar-refractivity contribution in [3.8, 4) is 23.0 Å². The van der Waals surface area contributed by atoms with Gasteiger partial charge in [-0.15, -0.1) is 0 Å². The van der Waals surface area contributed by atoms with E-state index in [4.69, 9.17) is 9.47 Å². The highest BCUT2D eigenvalue weighted by Gasteiger charge is 2.25. The molecule has 0 aliphatic carbocycles. The van der Waals surface area contributed by atoms with E-state index in [9.17, 15) is 0 Å². The molecule has 7 aromatic rings. The number of benzene rings is 7. The van der Waals surface area contributed by atoms with Crippen LogP contribution in [-0.4, -0.2) is 0 Å². The molecule has 0 heterocycles. The van der Waals surface area contributed by atoms with Crippen LogP contribution in [0, 0.1) is 0 Å². The molecular formula is C38H30O2. The summed E-state index contributed by atoms with van der Waals surface area (Å²) in [7, 11) is 0. The van der Waals surface area contributed by atoms with Crippen LogP contribution in [0.1, 0.15) is 26.3 Å². The molecule has 40 heavy (non-hydrogen) atoms. The summed E-state index contributed by atoms with van der Waals surface area (Å²) >= 11 is 0. The lowest BCUT2D eigenvalue weighted by molar-refractivity contribution is 0.485. The number of rotatable bonds is 4. The molecule has 2 heteroatoms. The first-order valence-corrected chi connectivity index (χ1v) is 13.8. The standard InChI is InChI=1S/C38H30O2/c1-38(2,3)34-18-10-17-33-35(34)37(40-30-22-20-26-12-5-7-14-28(26)24-30)32-16-9-8-15-31(32)36(33)39-29-21-19-25-11-4-6-13-27(25)23-29/h4-24H,1-3H3. The van der Waals surface area contributed by atoms with Crippen molar-refractivity contribution in [3.63, 3.8) is 0 Å². The minimum Gasteiger partial charge on any atom is -0.456 e. The molecule has 0 fully saturated rings. The van der Waals surface area contributed by atoms with Gasteiger partial charge in [-0.3, -0.25) is 0 Å². The van der Waals surface area contributed by atoms with Crippen molar-refractivity contribution >= 4 is 43.1 Å². The largest absolute Gasteiger partial charge is 0.456 e. The first-order chi connectivity index (χ1) is 19.5. The van der Waals surface area contributed by atoms with E-state index in [2.05, 4.69) is 148 Å². The van der Waals surface area contributed by atoms with Gasteiger partial charge in [0.05, 0.1) is 0 Å². The Morgan fingerprint density at radius 3 is 1.48 bits per heavy atom. The third-order valence-electron chi connectivity index (χ3n) is 7.64. The predicted octanol–water partition coefficient (Wildman–Crippen LogP) is 11.2. The van der Waals surface area contributed by atoms with E-state index in [0.29, 0.717) is 0 Å². The number of fused-ring (bicyclic) bond motifs is 4. The summed E-state index contributed by atoms with van der Waals surface area (Å²) in [6.07, 6.45) is 0. The van der Waals surface area contributed by atoms with Crippen LogP contribution in [0.2, 0.25) is 0 Å². The molecule has 194 valence electrons. The number of ether oxygens (including phenoxy) is 2. The first-order valence-electron chi connectivity index (χ1n) is 13.8. The molecule has 0 radical (unpaired) electrons. The fourth-order valence-corrected chi connectivity index (χ4v) is 5.68. The van der Waals surface area contributed by atoms with Crippen molar-refractivity contribution in [2.75, 3.05) is 0 Å². The maximum atomic E-state index is 6.86. The first kappa shape index (κ1) is 24.2. The van der Waals surface area contributed by atoms with E-state index in [1.54, 1.807) is 0 Å². The molecule has 0 bridgehead atoms. The van der Waals surface area contributed by atoms with Gasteiger partial charge in [-0.25, -0.2) is 0 Å². The Kier molecular flexibility index (Phi) is 5.71. The lowest BCUT2D eigenvalue weighted by Gasteiger charge is -2.25. The highest BCUT2D eigenvalue weighted by molar-refractivity contribution is 6.13. The topological polar surface area (TPSA) is 18.5 Å². The van der Waals surface area contributed by atoms with E-state index >= 15 is 0 Å². The second-order valence-electron chi connectivity index (χ2n) is 11.4. The summed E-state index contributed by atoms with van der Waals surface area (Å²) in [5.74, 6) is 3.33. The Labute approximate surface area is 234 Å². The van der Waals surface area contributed by atoms with Gasteiger partial charge in [-0.05, 0) is 56.8 Å². The van der Waals surface area contributed by atoms with Crippen LogP contribution in [0.5, 0.6) is 23.0 Å². The van der Waals surface area contributed by atoms with Crippen molar-refractivity contribution in [3.05, 3.63) is 133 Å². The third-order valence-corrected chi connectivity index (χ3v) is 7.64. The molecule has 0 N–H and O–H groups in total. The van der Waals surface area contributed by atoms with Gasteiger partial charge in [0.1, 0.15) is 23.0 Å². The molecule has 0 saturated carbocycles. The fraction of sp³-hybridized carbons (Fsp3) is 0.105. The Bertz CT molecular complexity index is 2050. The minimum atomic E-state index is -0.107. The Morgan fingerprint density at radius 2 is 0.900 bits per heavy atom. The zero-order valence-electron chi connectivity index (χ0n) is 22.9. The molecule has 0 amide bonds. The fourth-order valence-electron chi connectivity index (χ4n) is 5.68. The van der Waals surface area contributed by atoms with Crippen molar-refractivity contribution in [2.45, 2.75) is 26.2 Å². The second-order valence-corrected chi connectivity index (χ2v) is 11.4. The van der Waals surface area contributed by atoms with Crippen molar-refractivity contribution in [1.29, 1.82) is 0 Å². The number of hydrogen-bond donors (Lipinski definition) is 0. The summed E-state index contributed by atoms with van der Waals surface area (Å²) < 4.78 is 13.6. The molecule has 0 saturated heterocycles. The van der Waals surface area contributed by atoms with Crippen molar-refractivity contribution in [2.24, 2.45) is 0 Å². The molecule has 0 atom stereocenters. The zero-order chi connectivity index (χ0) is 27.3. The summed E-state index contributed by atoms with van der Waals surface area (Å²) in [6.45, 7) is 6.75. The second kappa shape index (κ2) is 9.43. The smallest absolute Gasteiger partial charge is 0.143 e. The lowest BCUT2D eigenvalue weighted by atomic mass is 9.82. The zero-order valence-corrected chi connectivity index (χ0v) is 22.9. The van der Waals surface area contributed by atoms with Gasteiger partial charge in [0.15, 0.2) is 0 Å². The van der Waals surface area contributed by atoms with Crippen LogP contribution in [-0.2, 0) is 5.41 Å². The molecular weight excluding hydrogens is 488 g/mol. The summed E-state index contributed by atoms with van der Waals surface area (Å²) in [6, 6.07) is 44.2. The molecule has 0 aliphatic heterocycles. The van der Waals surface area contributed by atoms with E-state index in [1.165, 1.54) is 16.3 Å². The normalized spacial score (nSPS) is 11.9. The molecule has 2 nitrogen and oxygen atoms in total. The van der Waals surface area contributed by atoms with Gasteiger partial charge in [0.2, 0.25) is 0 Å². The average Bonchev–Trinajstić information content (AvgIpc) is 2.98. The lowest BCUT2D eigenvalue weighted by Crippen LogP contribution is -2.12. The summed E-state index contributed by atoms with van der Waals surface area (Å²) in [5, 5.41) is 8.85. The maximum Gasteiger partial charge on any atom is 0.143 e.